The highest BCUT2D eigenvalue weighted by Gasteiger charge is 2.20. The first-order valence-electron chi connectivity index (χ1n) is 10.9. The van der Waals surface area contributed by atoms with Crippen molar-refractivity contribution in [3.8, 4) is 17.1 Å². The predicted molar refractivity (Wildman–Crippen MR) is 127 cm³/mol. The van der Waals surface area contributed by atoms with Crippen LogP contribution in [0.15, 0.2) is 48.7 Å². The molecule has 6 nitrogen and oxygen atoms in total. The summed E-state index contributed by atoms with van der Waals surface area (Å²) < 4.78 is 3.68. The zero-order valence-corrected chi connectivity index (χ0v) is 19.6. The molecule has 1 aromatic carbocycles. The molecular formula is C24H32ClN5O. The van der Waals surface area contributed by atoms with Crippen molar-refractivity contribution in [1.29, 1.82) is 0 Å². The highest BCUT2D eigenvalue weighted by Crippen LogP contribution is 2.23. The van der Waals surface area contributed by atoms with Gasteiger partial charge in [0.25, 0.3) is 5.91 Å². The summed E-state index contributed by atoms with van der Waals surface area (Å²) in [6.45, 7) is 9.57. The summed E-state index contributed by atoms with van der Waals surface area (Å²) in [7, 11) is 1.97. The second-order valence-electron chi connectivity index (χ2n) is 7.85. The highest BCUT2D eigenvalue weighted by atomic mass is 35.5. The van der Waals surface area contributed by atoms with Gasteiger partial charge < -0.3 is 14.8 Å². The van der Waals surface area contributed by atoms with E-state index in [1.165, 1.54) is 0 Å². The fourth-order valence-corrected chi connectivity index (χ4v) is 3.83. The monoisotopic (exact) mass is 441 g/mol. The summed E-state index contributed by atoms with van der Waals surface area (Å²) in [5.74, 6) is -0.127. The number of benzene rings is 1. The normalized spacial score (nSPS) is 12.3. The van der Waals surface area contributed by atoms with E-state index in [2.05, 4.69) is 31.0 Å². The van der Waals surface area contributed by atoms with Gasteiger partial charge in [0.2, 0.25) is 0 Å². The number of amides is 1. The summed E-state index contributed by atoms with van der Waals surface area (Å²) in [5, 5.41) is 8.53. The molecule has 0 aliphatic heterocycles. The van der Waals surface area contributed by atoms with Crippen LogP contribution in [-0.2, 0) is 7.05 Å². The van der Waals surface area contributed by atoms with E-state index in [9.17, 15) is 4.79 Å². The third-order valence-corrected chi connectivity index (χ3v) is 5.85. The van der Waals surface area contributed by atoms with Gasteiger partial charge in [0.1, 0.15) is 11.4 Å². The van der Waals surface area contributed by atoms with Crippen LogP contribution in [0.3, 0.4) is 0 Å². The Labute approximate surface area is 189 Å². The molecule has 3 rings (SSSR count). The van der Waals surface area contributed by atoms with Gasteiger partial charge in [-0.15, -0.1) is 0 Å². The van der Waals surface area contributed by atoms with Crippen LogP contribution in [0, 0.1) is 0 Å². The van der Waals surface area contributed by atoms with Gasteiger partial charge in [-0.3, -0.25) is 4.79 Å². The minimum Gasteiger partial charge on any atom is -0.349 e. The second kappa shape index (κ2) is 10.6. The van der Waals surface area contributed by atoms with Crippen molar-refractivity contribution in [3.63, 3.8) is 0 Å². The standard InChI is InChI=1S/C24H32ClN5O/c1-5-29(6-2)16-7-9-18(3)26-24(31)23-17-21(22-10-8-15-28(22)4)27-30(23)20-13-11-19(25)12-14-20/h8,10-15,17-18H,5-7,9,16H2,1-4H3,(H,26,31). The average molecular weight is 442 g/mol. The fraction of sp³-hybridized carbons (Fsp3) is 0.417. The van der Waals surface area contributed by atoms with Crippen molar-refractivity contribution in [2.24, 2.45) is 7.05 Å². The molecule has 7 heteroatoms. The van der Waals surface area contributed by atoms with Gasteiger partial charge in [-0.05, 0) is 81.9 Å². The number of nitrogens with zero attached hydrogens (tertiary/aromatic N) is 4. The maximum absolute atomic E-state index is 13.2. The van der Waals surface area contributed by atoms with Gasteiger partial charge in [0, 0.05) is 24.3 Å². The van der Waals surface area contributed by atoms with Crippen LogP contribution in [-0.4, -0.2) is 50.8 Å². The van der Waals surface area contributed by atoms with E-state index < -0.39 is 0 Å². The Morgan fingerprint density at radius 3 is 2.52 bits per heavy atom. The van der Waals surface area contributed by atoms with Gasteiger partial charge in [-0.25, -0.2) is 4.68 Å². The lowest BCUT2D eigenvalue weighted by Gasteiger charge is -2.20. The lowest BCUT2D eigenvalue weighted by molar-refractivity contribution is 0.0929. The Hall–Kier alpha value is -2.57. The molecular weight excluding hydrogens is 410 g/mol. The van der Waals surface area contributed by atoms with Crippen molar-refractivity contribution >= 4 is 17.5 Å². The molecule has 0 radical (unpaired) electrons. The van der Waals surface area contributed by atoms with Crippen LogP contribution < -0.4 is 5.32 Å². The number of aromatic nitrogens is 3. The van der Waals surface area contributed by atoms with E-state index in [-0.39, 0.29) is 11.9 Å². The van der Waals surface area contributed by atoms with Crippen LogP contribution in [0.2, 0.25) is 5.02 Å². The quantitative estimate of drug-likeness (QED) is 0.493. The summed E-state index contributed by atoms with van der Waals surface area (Å²) in [6, 6.07) is 13.2. The van der Waals surface area contributed by atoms with E-state index in [0.717, 1.165) is 49.6 Å². The zero-order valence-electron chi connectivity index (χ0n) is 18.8. The first kappa shape index (κ1) is 23.1. The van der Waals surface area contributed by atoms with Crippen LogP contribution in [0.1, 0.15) is 44.1 Å². The van der Waals surface area contributed by atoms with Gasteiger partial charge >= 0.3 is 0 Å². The van der Waals surface area contributed by atoms with Gasteiger partial charge in [0.15, 0.2) is 0 Å². The Balaban J connectivity index is 1.80. The molecule has 0 saturated heterocycles. The van der Waals surface area contributed by atoms with E-state index in [0.29, 0.717) is 10.7 Å². The van der Waals surface area contributed by atoms with Gasteiger partial charge in [0.05, 0.1) is 11.4 Å². The number of hydrogen-bond acceptors (Lipinski definition) is 3. The number of halogens is 1. The maximum atomic E-state index is 13.2. The predicted octanol–water partition coefficient (Wildman–Crippen LogP) is 4.77. The molecule has 166 valence electrons. The highest BCUT2D eigenvalue weighted by molar-refractivity contribution is 6.30. The number of rotatable bonds is 10. The van der Waals surface area contributed by atoms with E-state index >= 15 is 0 Å². The zero-order chi connectivity index (χ0) is 22.4. The van der Waals surface area contributed by atoms with Crippen LogP contribution >= 0.6 is 11.6 Å². The summed E-state index contributed by atoms with van der Waals surface area (Å²) in [5.41, 5.74) is 3.01. The number of carbonyl (C=O) groups excluding carboxylic acids is 1. The molecule has 1 unspecified atom stereocenters. The summed E-state index contributed by atoms with van der Waals surface area (Å²) >= 11 is 6.05. The van der Waals surface area contributed by atoms with Gasteiger partial charge in [-0.2, -0.15) is 5.10 Å². The fourth-order valence-electron chi connectivity index (χ4n) is 3.71. The molecule has 0 bridgehead atoms. The Morgan fingerprint density at radius 2 is 1.90 bits per heavy atom. The second-order valence-corrected chi connectivity index (χ2v) is 8.29. The maximum Gasteiger partial charge on any atom is 0.270 e. The van der Waals surface area contributed by atoms with Gasteiger partial charge in [-0.1, -0.05) is 25.4 Å². The third-order valence-electron chi connectivity index (χ3n) is 5.60. The molecule has 0 aliphatic rings. The topological polar surface area (TPSA) is 55.1 Å². The lowest BCUT2D eigenvalue weighted by Crippen LogP contribution is -2.34. The third kappa shape index (κ3) is 5.77. The Bertz CT molecular complexity index is 988. The van der Waals surface area contributed by atoms with E-state index in [4.69, 9.17) is 16.7 Å². The molecule has 0 spiro atoms. The number of nitrogens with one attached hydrogen (secondary N) is 1. The number of carbonyl (C=O) groups is 1. The van der Waals surface area contributed by atoms with Crippen molar-refractivity contribution in [1.82, 2.24) is 24.6 Å². The Kier molecular flexibility index (Phi) is 7.93. The van der Waals surface area contributed by atoms with Crippen LogP contribution in [0.4, 0.5) is 0 Å². The van der Waals surface area contributed by atoms with E-state index in [1.807, 2.05) is 48.1 Å². The molecule has 0 aliphatic carbocycles. The van der Waals surface area contributed by atoms with Crippen molar-refractivity contribution in [3.05, 3.63) is 59.4 Å². The molecule has 31 heavy (non-hydrogen) atoms. The number of aryl methyl sites for hydroxylation is 1. The SMILES string of the molecule is CCN(CC)CCCC(C)NC(=O)c1cc(-c2cccn2C)nn1-c1ccc(Cl)cc1. The molecule has 1 amide bonds. The van der Waals surface area contributed by atoms with Crippen LogP contribution in [0.25, 0.3) is 17.1 Å². The average Bonchev–Trinajstić information content (AvgIpc) is 3.38. The minimum absolute atomic E-state index is 0.0788. The molecule has 2 aromatic heterocycles. The molecule has 0 saturated carbocycles. The molecule has 1 atom stereocenters. The minimum atomic E-state index is -0.127. The van der Waals surface area contributed by atoms with Crippen molar-refractivity contribution < 1.29 is 4.79 Å². The first-order chi connectivity index (χ1) is 14.9. The lowest BCUT2D eigenvalue weighted by atomic mass is 10.1. The van der Waals surface area contributed by atoms with Crippen molar-refractivity contribution in [2.75, 3.05) is 19.6 Å². The van der Waals surface area contributed by atoms with E-state index in [1.54, 1.807) is 16.8 Å². The van der Waals surface area contributed by atoms with Crippen LogP contribution in [0.5, 0.6) is 0 Å². The molecule has 0 fully saturated rings. The molecule has 1 N–H and O–H groups in total. The molecule has 3 aromatic rings. The largest absolute Gasteiger partial charge is 0.349 e. The van der Waals surface area contributed by atoms with Crippen molar-refractivity contribution in [2.45, 2.75) is 39.7 Å². The number of hydrogen-bond donors (Lipinski definition) is 1. The molecule has 2 heterocycles. The first-order valence-corrected chi connectivity index (χ1v) is 11.3. The Morgan fingerprint density at radius 1 is 1.19 bits per heavy atom. The summed E-state index contributed by atoms with van der Waals surface area (Å²) in [6.07, 6.45) is 3.95. The summed E-state index contributed by atoms with van der Waals surface area (Å²) in [4.78, 5) is 15.6. The smallest absolute Gasteiger partial charge is 0.270 e.